The van der Waals surface area contributed by atoms with Gasteiger partial charge < -0.3 is 14.0 Å². The van der Waals surface area contributed by atoms with Gasteiger partial charge in [-0.2, -0.15) is 5.21 Å². The van der Waals surface area contributed by atoms with Crippen molar-refractivity contribution in [3.05, 3.63) is 64.3 Å². The van der Waals surface area contributed by atoms with E-state index in [4.69, 9.17) is 9.47 Å². The number of aromatic nitrogens is 5. The number of pyridine rings is 1. The normalized spacial score (nSPS) is 10.6. The molecule has 0 aliphatic heterocycles. The number of rotatable bonds is 8. The molecule has 0 aliphatic rings. The van der Waals surface area contributed by atoms with Crippen molar-refractivity contribution in [2.75, 3.05) is 6.61 Å². The lowest BCUT2D eigenvalue weighted by Crippen LogP contribution is -2.21. The van der Waals surface area contributed by atoms with Gasteiger partial charge in [-0.1, -0.05) is 23.4 Å². The molecule has 0 radical (unpaired) electrons. The van der Waals surface area contributed by atoms with E-state index < -0.39 is 11.4 Å². The minimum Gasteiger partial charge on any atom is -0.462 e. The number of benzene rings is 1. The number of aryl methyl sites for hydroxylation is 2. The van der Waals surface area contributed by atoms with Gasteiger partial charge in [-0.05, 0) is 25.5 Å². The van der Waals surface area contributed by atoms with Gasteiger partial charge in [0.15, 0.2) is 11.6 Å². The van der Waals surface area contributed by atoms with Crippen LogP contribution in [0.1, 0.15) is 29.5 Å². The van der Waals surface area contributed by atoms with E-state index in [1.807, 2.05) is 6.07 Å². The van der Waals surface area contributed by atoms with Crippen molar-refractivity contribution < 1.29 is 14.3 Å². The van der Waals surface area contributed by atoms with E-state index in [1.54, 1.807) is 42.0 Å². The lowest BCUT2D eigenvalue weighted by atomic mass is 10.2. The third-order valence-corrected chi connectivity index (χ3v) is 3.72. The van der Waals surface area contributed by atoms with Gasteiger partial charge in [0.05, 0.1) is 12.8 Å². The summed E-state index contributed by atoms with van der Waals surface area (Å²) < 4.78 is 12.4. The Hall–Kier alpha value is -3.49. The lowest BCUT2D eigenvalue weighted by molar-refractivity contribution is 0.0523. The van der Waals surface area contributed by atoms with E-state index in [9.17, 15) is 9.59 Å². The van der Waals surface area contributed by atoms with Crippen molar-refractivity contribution in [3.8, 4) is 11.5 Å². The average Bonchev–Trinajstić information content (AvgIpc) is 3.18. The SMILES string of the molecule is CCOC(=O)c1cn(CCCc2nn[nH]n2)cc(Oc2ccccc2)c1=O. The third kappa shape index (κ3) is 4.78. The molecule has 0 aliphatic carbocycles. The number of aromatic amines is 1. The van der Waals surface area contributed by atoms with E-state index in [2.05, 4.69) is 20.6 Å². The molecule has 1 aromatic carbocycles. The summed E-state index contributed by atoms with van der Waals surface area (Å²) in [4.78, 5) is 24.8. The summed E-state index contributed by atoms with van der Waals surface area (Å²) >= 11 is 0. The minimum absolute atomic E-state index is 0.0614. The Bertz CT molecular complexity index is 938. The molecule has 27 heavy (non-hydrogen) atoms. The molecular formula is C18H19N5O4. The predicted molar refractivity (Wildman–Crippen MR) is 95.7 cm³/mol. The van der Waals surface area contributed by atoms with E-state index >= 15 is 0 Å². The van der Waals surface area contributed by atoms with Gasteiger partial charge >= 0.3 is 5.97 Å². The van der Waals surface area contributed by atoms with E-state index in [-0.39, 0.29) is 17.9 Å². The Morgan fingerprint density at radius 3 is 2.74 bits per heavy atom. The first kappa shape index (κ1) is 18.3. The van der Waals surface area contributed by atoms with Crippen LogP contribution in [0.3, 0.4) is 0 Å². The smallest absolute Gasteiger partial charge is 0.343 e. The molecule has 9 nitrogen and oxygen atoms in total. The Labute approximate surface area is 154 Å². The Balaban J connectivity index is 1.85. The van der Waals surface area contributed by atoms with E-state index in [0.29, 0.717) is 31.0 Å². The van der Waals surface area contributed by atoms with Gasteiger partial charge in [0, 0.05) is 19.2 Å². The van der Waals surface area contributed by atoms with Crippen LogP contribution in [0, 0.1) is 0 Å². The monoisotopic (exact) mass is 369 g/mol. The van der Waals surface area contributed by atoms with Crippen molar-refractivity contribution in [1.29, 1.82) is 0 Å². The molecule has 0 saturated heterocycles. The summed E-state index contributed by atoms with van der Waals surface area (Å²) in [7, 11) is 0. The first-order chi connectivity index (χ1) is 13.2. The highest BCUT2D eigenvalue weighted by atomic mass is 16.5. The van der Waals surface area contributed by atoms with Crippen LogP contribution in [0.15, 0.2) is 47.5 Å². The second kappa shape index (κ2) is 8.75. The zero-order valence-corrected chi connectivity index (χ0v) is 14.8. The third-order valence-electron chi connectivity index (χ3n) is 3.72. The van der Waals surface area contributed by atoms with Crippen LogP contribution in [0.25, 0.3) is 0 Å². The molecule has 1 N–H and O–H groups in total. The van der Waals surface area contributed by atoms with Crippen LogP contribution in [-0.4, -0.2) is 37.8 Å². The van der Waals surface area contributed by atoms with Crippen LogP contribution >= 0.6 is 0 Å². The topological polar surface area (TPSA) is 112 Å². The number of hydrogen-bond acceptors (Lipinski definition) is 7. The molecule has 3 aromatic rings. The first-order valence-electron chi connectivity index (χ1n) is 8.54. The summed E-state index contributed by atoms with van der Waals surface area (Å²) in [5, 5.41) is 13.7. The fourth-order valence-corrected chi connectivity index (χ4v) is 2.48. The van der Waals surface area contributed by atoms with Crippen molar-refractivity contribution in [2.45, 2.75) is 26.3 Å². The zero-order chi connectivity index (χ0) is 19.1. The summed E-state index contributed by atoms with van der Waals surface area (Å²) in [6.07, 6.45) is 4.35. The molecule has 2 heterocycles. The van der Waals surface area contributed by atoms with Gasteiger partial charge in [0.1, 0.15) is 11.3 Å². The molecule has 0 unspecified atom stereocenters. The van der Waals surface area contributed by atoms with Gasteiger partial charge in [0.25, 0.3) is 0 Å². The Morgan fingerprint density at radius 2 is 2.04 bits per heavy atom. The van der Waals surface area contributed by atoms with Crippen molar-refractivity contribution in [2.24, 2.45) is 0 Å². The zero-order valence-electron chi connectivity index (χ0n) is 14.8. The largest absolute Gasteiger partial charge is 0.462 e. The molecule has 0 fully saturated rings. The molecule has 0 saturated carbocycles. The molecule has 2 aromatic heterocycles. The summed E-state index contributed by atoms with van der Waals surface area (Å²) in [6.45, 7) is 2.40. The quantitative estimate of drug-likeness (QED) is 0.604. The van der Waals surface area contributed by atoms with Crippen LogP contribution in [0.5, 0.6) is 11.5 Å². The predicted octanol–water partition coefficient (Wildman–Crippen LogP) is 1.96. The lowest BCUT2D eigenvalue weighted by Gasteiger charge is -2.12. The van der Waals surface area contributed by atoms with Gasteiger partial charge in [0.2, 0.25) is 5.43 Å². The Kier molecular flexibility index (Phi) is 5.93. The second-order valence-electron chi connectivity index (χ2n) is 5.67. The number of esters is 1. The Morgan fingerprint density at radius 1 is 1.22 bits per heavy atom. The number of nitrogens with zero attached hydrogens (tertiary/aromatic N) is 4. The highest BCUT2D eigenvalue weighted by Crippen LogP contribution is 2.18. The molecular weight excluding hydrogens is 350 g/mol. The van der Waals surface area contributed by atoms with Crippen LogP contribution in [0.4, 0.5) is 0 Å². The van der Waals surface area contributed by atoms with Crippen LogP contribution in [0.2, 0.25) is 0 Å². The molecule has 9 heteroatoms. The number of hydrogen-bond donors (Lipinski definition) is 1. The highest BCUT2D eigenvalue weighted by molar-refractivity contribution is 5.89. The molecule has 140 valence electrons. The molecule has 0 amide bonds. The van der Waals surface area contributed by atoms with Crippen molar-refractivity contribution >= 4 is 5.97 Å². The molecule has 0 spiro atoms. The fraction of sp³-hybridized carbons (Fsp3) is 0.278. The maximum Gasteiger partial charge on any atom is 0.343 e. The molecule has 0 bridgehead atoms. The number of H-pyrrole nitrogens is 1. The maximum absolute atomic E-state index is 12.6. The van der Waals surface area contributed by atoms with Gasteiger partial charge in [-0.3, -0.25) is 4.79 Å². The summed E-state index contributed by atoms with van der Waals surface area (Å²) in [5.74, 6) is 0.496. The highest BCUT2D eigenvalue weighted by Gasteiger charge is 2.17. The molecule has 0 atom stereocenters. The standard InChI is InChI=1S/C18H19N5O4/c1-2-26-18(25)14-11-23(10-6-9-16-19-21-22-20-16)12-15(17(14)24)27-13-7-4-3-5-8-13/h3-5,7-8,11-12H,2,6,9-10H2,1H3,(H,19,20,21,22). The van der Waals surface area contributed by atoms with Crippen molar-refractivity contribution in [1.82, 2.24) is 25.2 Å². The number of tetrazole rings is 1. The van der Waals surface area contributed by atoms with Crippen LogP contribution < -0.4 is 10.2 Å². The number of para-hydroxylation sites is 1. The van der Waals surface area contributed by atoms with Gasteiger partial charge in [-0.15, -0.1) is 10.2 Å². The van der Waals surface area contributed by atoms with E-state index in [0.717, 1.165) is 0 Å². The second-order valence-corrected chi connectivity index (χ2v) is 5.67. The molecule has 3 rings (SSSR count). The van der Waals surface area contributed by atoms with Crippen LogP contribution in [-0.2, 0) is 17.7 Å². The number of carbonyl (C=O) groups excluding carboxylic acids is 1. The number of carbonyl (C=O) groups is 1. The maximum atomic E-state index is 12.6. The number of ether oxygens (including phenoxy) is 2. The van der Waals surface area contributed by atoms with E-state index in [1.165, 1.54) is 6.20 Å². The van der Waals surface area contributed by atoms with Gasteiger partial charge in [-0.25, -0.2) is 4.79 Å². The summed E-state index contributed by atoms with van der Waals surface area (Å²) in [6, 6.07) is 8.91. The number of nitrogens with one attached hydrogen (secondary N) is 1. The average molecular weight is 369 g/mol. The first-order valence-corrected chi connectivity index (χ1v) is 8.54. The fourth-order valence-electron chi connectivity index (χ4n) is 2.48. The summed E-state index contributed by atoms with van der Waals surface area (Å²) in [5.41, 5.74) is -0.573. The van der Waals surface area contributed by atoms with Crippen molar-refractivity contribution in [3.63, 3.8) is 0 Å². The minimum atomic E-state index is -0.673.